The van der Waals surface area contributed by atoms with Crippen molar-refractivity contribution in [3.05, 3.63) is 30.2 Å². The van der Waals surface area contributed by atoms with E-state index in [4.69, 9.17) is 4.74 Å². The third-order valence-corrected chi connectivity index (χ3v) is 4.12. The molecule has 2 aromatic rings. The topological polar surface area (TPSA) is 96.0 Å². The van der Waals surface area contributed by atoms with Crippen molar-refractivity contribution >= 4 is 11.8 Å². The molecule has 0 aliphatic carbocycles. The number of likely N-dealkylation sites (tertiary alicyclic amines) is 1. The number of urea groups is 1. The van der Waals surface area contributed by atoms with Gasteiger partial charge in [-0.3, -0.25) is 5.32 Å². The molecule has 0 bridgehead atoms. The lowest BCUT2D eigenvalue weighted by molar-refractivity contribution is -0.141. The Balaban J connectivity index is 1.68. The SMILES string of the molecule is COc1cncnc1NC(=O)N1CCCC(c2ncc(C(F)(F)F)[nH]2)C1. The molecule has 1 unspecified atom stereocenters. The molecule has 0 spiro atoms. The van der Waals surface area contributed by atoms with Crippen LogP contribution < -0.4 is 10.1 Å². The molecule has 140 valence electrons. The molecule has 0 saturated carbocycles. The van der Waals surface area contributed by atoms with Gasteiger partial charge in [-0.1, -0.05) is 0 Å². The fraction of sp³-hybridized carbons (Fsp3) is 0.467. The normalized spacial score (nSPS) is 17.8. The summed E-state index contributed by atoms with van der Waals surface area (Å²) in [6, 6.07) is -0.408. The average Bonchev–Trinajstić information content (AvgIpc) is 3.13. The average molecular weight is 370 g/mol. The third-order valence-electron chi connectivity index (χ3n) is 4.12. The van der Waals surface area contributed by atoms with Crippen LogP contribution in [0.2, 0.25) is 0 Å². The number of carbonyl (C=O) groups excluding carboxylic acids is 1. The predicted molar refractivity (Wildman–Crippen MR) is 84.7 cm³/mol. The number of aromatic nitrogens is 4. The van der Waals surface area contributed by atoms with E-state index in [1.165, 1.54) is 24.5 Å². The number of H-pyrrole nitrogens is 1. The quantitative estimate of drug-likeness (QED) is 0.866. The second-order valence-corrected chi connectivity index (χ2v) is 5.83. The third kappa shape index (κ3) is 3.86. The number of hydrogen-bond acceptors (Lipinski definition) is 5. The van der Waals surface area contributed by atoms with E-state index in [1.807, 2.05) is 0 Å². The summed E-state index contributed by atoms with van der Waals surface area (Å²) in [5.74, 6) is 0.481. The number of rotatable bonds is 3. The highest BCUT2D eigenvalue weighted by molar-refractivity contribution is 5.89. The maximum absolute atomic E-state index is 12.7. The molecular formula is C15H17F3N6O2. The lowest BCUT2D eigenvalue weighted by atomic mass is 9.97. The standard InChI is InChI=1S/C15H17F3N6O2/c1-26-10-5-19-8-21-13(10)23-14(25)24-4-2-3-9(7-24)12-20-6-11(22-12)15(16,17)18/h5-6,8-9H,2-4,7H2,1H3,(H,20,22)(H,19,21,23,25). The van der Waals surface area contributed by atoms with Crippen molar-refractivity contribution in [2.24, 2.45) is 0 Å². The van der Waals surface area contributed by atoms with E-state index in [0.717, 1.165) is 6.20 Å². The molecule has 0 radical (unpaired) electrons. The number of alkyl halides is 3. The number of hydrogen-bond donors (Lipinski definition) is 2. The number of ether oxygens (including phenoxy) is 1. The molecule has 3 heterocycles. The minimum atomic E-state index is -4.47. The molecule has 1 aliphatic rings. The van der Waals surface area contributed by atoms with Crippen molar-refractivity contribution in [2.75, 3.05) is 25.5 Å². The van der Waals surface area contributed by atoms with Crippen molar-refractivity contribution in [2.45, 2.75) is 24.9 Å². The van der Waals surface area contributed by atoms with Gasteiger partial charge in [0.15, 0.2) is 11.6 Å². The Hall–Kier alpha value is -2.85. The highest BCUT2D eigenvalue weighted by Gasteiger charge is 2.35. The van der Waals surface area contributed by atoms with E-state index in [0.29, 0.717) is 25.1 Å². The van der Waals surface area contributed by atoms with Crippen molar-refractivity contribution in [1.29, 1.82) is 0 Å². The second-order valence-electron chi connectivity index (χ2n) is 5.83. The van der Waals surface area contributed by atoms with Gasteiger partial charge in [-0.15, -0.1) is 0 Å². The number of amides is 2. The first-order chi connectivity index (χ1) is 12.4. The number of imidazole rings is 1. The van der Waals surface area contributed by atoms with Crippen LogP contribution in [0.15, 0.2) is 18.7 Å². The molecule has 11 heteroatoms. The van der Waals surface area contributed by atoms with Gasteiger partial charge in [-0.25, -0.2) is 19.7 Å². The molecule has 1 fully saturated rings. The largest absolute Gasteiger partial charge is 0.491 e. The number of piperidine rings is 1. The molecule has 3 rings (SSSR count). The summed E-state index contributed by atoms with van der Waals surface area (Å²) < 4.78 is 43.2. The van der Waals surface area contributed by atoms with Crippen LogP contribution in [0.5, 0.6) is 5.75 Å². The Kier molecular flexibility index (Phi) is 4.96. The molecule has 2 amide bonds. The molecule has 8 nitrogen and oxygen atoms in total. The van der Waals surface area contributed by atoms with E-state index in [9.17, 15) is 18.0 Å². The minimum Gasteiger partial charge on any atom is -0.491 e. The number of aromatic amines is 1. The molecule has 26 heavy (non-hydrogen) atoms. The Morgan fingerprint density at radius 1 is 1.38 bits per heavy atom. The highest BCUT2D eigenvalue weighted by Crippen LogP contribution is 2.31. The number of nitrogens with zero attached hydrogens (tertiary/aromatic N) is 4. The van der Waals surface area contributed by atoms with E-state index in [-0.39, 0.29) is 24.1 Å². The predicted octanol–water partition coefficient (Wildman–Crippen LogP) is 2.64. The number of carbonyl (C=O) groups is 1. The van der Waals surface area contributed by atoms with Crippen molar-refractivity contribution < 1.29 is 22.7 Å². The Morgan fingerprint density at radius 3 is 2.88 bits per heavy atom. The fourth-order valence-corrected chi connectivity index (χ4v) is 2.81. The smallest absolute Gasteiger partial charge is 0.432 e. The summed E-state index contributed by atoms with van der Waals surface area (Å²) in [6.45, 7) is 0.743. The van der Waals surface area contributed by atoms with Gasteiger partial charge < -0.3 is 14.6 Å². The molecule has 1 saturated heterocycles. The molecule has 1 aliphatic heterocycles. The van der Waals surface area contributed by atoms with Crippen molar-refractivity contribution in [3.8, 4) is 5.75 Å². The first-order valence-corrected chi connectivity index (χ1v) is 7.90. The lowest BCUT2D eigenvalue weighted by Gasteiger charge is -2.31. The van der Waals surface area contributed by atoms with Crippen LogP contribution in [0.3, 0.4) is 0 Å². The summed E-state index contributed by atoms with van der Waals surface area (Å²) in [5, 5.41) is 2.63. The lowest BCUT2D eigenvalue weighted by Crippen LogP contribution is -2.42. The Morgan fingerprint density at radius 2 is 2.19 bits per heavy atom. The van der Waals surface area contributed by atoms with E-state index >= 15 is 0 Å². The van der Waals surface area contributed by atoms with Gasteiger partial charge in [0.25, 0.3) is 0 Å². The van der Waals surface area contributed by atoms with Gasteiger partial charge in [0.2, 0.25) is 0 Å². The zero-order chi connectivity index (χ0) is 18.7. The maximum atomic E-state index is 12.7. The van der Waals surface area contributed by atoms with Gasteiger partial charge >= 0.3 is 12.2 Å². The van der Waals surface area contributed by atoms with E-state index in [1.54, 1.807) is 0 Å². The summed E-state index contributed by atoms with van der Waals surface area (Å²) in [5.41, 5.74) is -0.889. The van der Waals surface area contributed by atoms with Crippen LogP contribution in [-0.2, 0) is 6.18 Å². The van der Waals surface area contributed by atoms with Crippen LogP contribution in [0.1, 0.15) is 30.3 Å². The second kappa shape index (κ2) is 7.18. The van der Waals surface area contributed by atoms with Crippen molar-refractivity contribution in [1.82, 2.24) is 24.8 Å². The van der Waals surface area contributed by atoms with Crippen LogP contribution in [-0.4, -0.2) is 51.1 Å². The number of methoxy groups -OCH3 is 1. The Bertz CT molecular complexity index is 779. The molecule has 2 N–H and O–H groups in total. The summed E-state index contributed by atoms with van der Waals surface area (Å²) >= 11 is 0. The summed E-state index contributed by atoms with van der Waals surface area (Å²) in [4.78, 5) is 27.9. The monoisotopic (exact) mass is 370 g/mol. The van der Waals surface area contributed by atoms with Gasteiger partial charge in [0.1, 0.15) is 17.8 Å². The highest BCUT2D eigenvalue weighted by atomic mass is 19.4. The van der Waals surface area contributed by atoms with Crippen LogP contribution in [0.4, 0.5) is 23.8 Å². The Labute approximate surface area is 146 Å². The van der Waals surface area contributed by atoms with E-state index in [2.05, 4.69) is 25.3 Å². The number of anilines is 1. The van der Waals surface area contributed by atoms with Crippen LogP contribution in [0.25, 0.3) is 0 Å². The van der Waals surface area contributed by atoms with Crippen LogP contribution in [0, 0.1) is 0 Å². The first kappa shape index (κ1) is 18.0. The van der Waals surface area contributed by atoms with Gasteiger partial charge in [0, 0.05) is 19.0 Å². The maximum Gasteiger partial charge on any atom is 0.432 e. The van der Waals surface area contributed by atoms with Gasteiger partial charge in [-0.05, 0) is 12.8 Å². The fourth-order valence-electron chi connectivity index (χ4n) is 2.81. The zero-order valence-corrected chi connectivity index (χ0v) is 13.9. The van der Waals surface area contributed by atoms with Crippen LogP contribution >= 0.6 is 0 Å². The minimum absolute atomic E-state index is 0.229. The summed E-state index contributed by atoms with van der Waals surface area (Å²) in [6.07, 6.45) is 0.301. The molecule has 1 atom stereocenters. The zero-order valence-electron chi connectivity index (χ0n) is 13.9. The first-order valence-electron chi connectivity index (χ1n) is 7.90. The summed E-state index contributed by atoms with van der Waals surface area (Å²) in [7, 11) is 1.43. The number of nitrogens with one attached hydrogen (secondary N) is 2. The van der Waals surface area contributed by atoms with Gasteiger partial charge in [-0.2, -0.15) is 13.2 Å². The molecular weight excluding hydrogens is 353 g/mol. The molecule has 2 aromatic heterocycles. The number of halogens is 3. The van der Waals surface area contributed by atoms with E-state index < -0.39 is 17.9 Å². The molecule has 0 aromatic carbocycles. The van der Waals surface area contributed by atoms with Crippen molar-refractivity contribution in [3.63, 3.8) is 0 Å². The van der Waals surface area contributed by atoms with Gasteiger partial charge in [0.05, 0.1) is 19.5 Å².